The van der Waals surface area contributed by atoms with Gasteiger partial charge in [0, 0.05) is 11.5 Å². The Hall–Kier alpha value is -3.34. The second kappa shape index (κ2) is 7.91. The van der Waals surface area contributed by atoms with Crippen molar-refractivity contribution in [3.63, 3.8) is 0 Å². The molecule has 10 heteroatoms. The summed E-state index contributed by atoms with van der Waals surface area (Å²) in [5.41, 5.74) is 1.49. The molecule has 174 valence electrons. The van der Waals surface area contributed by atoms with Crippen LogP contribution in [0.4, 0.5) is 0 Å². The van der Waals surface area contributed by atoms with Crippen molar-refractivity contribution in [2.24, 2.45) is 0 Å². The van der Waals surface area contributed by atoms with E-state index >= 15 is 0 Å². The average molecular weight is 456 g/mol. The van der Waals surface area contributed by atoms with Crippen molar-refractivity contribution in [2.45, 2.75) is 49.7 Å². The number of amides is 2. The summed E-state index contributed by atoms with van der Waals surface area (Å²) in [6.45, 7) is 1.82. The number of hydrogen-bond donors (Lipinski definition) is 6. The van der Waals surface area contributed by atoms with Crippen LogP contribution in [0.5, 0.6) is 17.2 Å². The normalized spacial score (nSPS) is 29.6. The highest BCUT2D eigenvalue weighted by atomic mass is 16.7. The van der Waals surface area contributed by atoms with Crippen molar-refractivity contribution in [2.75, 3.05) is 6.79 Å². The molecule has 1 saturated carbocycles. The Morgan fingerprint density at radius 1 is 1.15 bits per heavy atom. The first-order valence-corrected chi connectivity index (χ1v) is 10.7. The predicted molar refractivity (Wildman–Crippen MR) is 113 cm³/mol. The summed E-state index contributed by atoms with van der Waals surface area (Å²) in [6.07, 6.45) is -3.95. The monoisotopic (exact) mass is 456 g/mol. The van der Waals surface area contributed by atoms with Gasteiger partial charge in [-0.3, -0.25) is 9.59 Å². The zero-order chi connectivity index (χ0) is 23.4. The Bertz CT molecular complexity index is 1140. The van der Waals surface area contributed by atoms with Crippen LogP contribution in [0, 0.1) is 0 Å². The Morgan fingerprint density at radius 2 is 1.94 bits per heavy atom. The summed E-state index contributed by atoms with van der Waals surface area (Å²) in [6, 6.07) is 6.38. The predicted octanol–water partition coefficient (Wildman–Crippen LogP) is -0.226. The van der Waals surface area contributed by atoms with E-state index in [0.717, 1.165) is 12.0 Å². The van der Waals surface area contributed by atoms with Gasteiger partial charge < -0.3 is 40.5 Å². The summed E-state index contributed by atoms with van der Waals surface area (Å²) in [5.74, 6) is -2.23. The molecule has 2 aromatic rings. The van der Waals surface area contributed by atoms with Crippen LogP contribution < -0.4 is 20.1 Å². The lowest BCUT2D eigenvalue weighted by Crippen LogP contribution is -2.69. The largest absolute Gasteiger partial charge is 0.504 e. The molecule has 6 N–H and O–H groups in total. The van der Waals surface area contributed by atoms with Crippen molar-refractivity contribution in [3.8, 4) is 17.2 Å². The Kier molecular flexibility index (Phi) is 5.15. The van der Waals surface area contributed by atoms with Gasteiger partial charge in [-0.1, -0.05) is 19.1 Å². The first kappa shape index (κ1) is 21.5. The number of aryl methyl sites for hydroxylation is 1. The molecule has 0 bridgehead atoms. The van der Waals surface area contributed by atoms with Gasteiger partial charge in [0.25, 0.3) is 11.8 Å². The first-order valence-electron chi connectivity index (χ1n) is 10.7. The van der Waals surface area contributed by atoms with Crippen LogP contribution in [-0.4, -0.2) is 69.4 Å². The van der Waals surface area contributed by atoms with Crippen molar-refractivity contribution >= 4 is 11.8 Å². The Balaban J connectivity index is 1.58. The van der Waals surface area contributed by atoms with Gasteiger partial charge in [-0.15, -0.1) is 0 Å². The number of phenolic OH excluding ortho intramolecular Hbond substituents is 1. The van der Waals surface area contributed by atoms with Gasteiger partial charge in [-0.2, -0.15) is 0 Å². The molecule has 2 amide bonds. The zero-order valence-corrected chi connectivity index (χ0v) is 17.7. The number of rotatable bonds is 3. The molecule has 6 atom stereocenters. The van der Waals surface area contributed by atoms with Crippen molar-refractivity contribution in [1.82, 2.24) is 10.6 Å². The molecule has 0 unspecified atom stereocenters. The van der Waals surface area contributed by atoms with Crippen LogP contribution in [0.15, 0.2) is 30.3 Å². The van der Waals surface area contributed by atoms with Crippen LogP contribution in [0.25, 0.3) is 0 Å². The van der Waals surface area contributed by atoms with E-state index in [1.165, 1.54) is 6.07 Å². The van der Waals surface area contributed by atoms with Crippen LogP contribution in [0.1, 0.15) is 44.7 Å². The number of hydrogen-bond acceptors (Lipinski definition) is 8. The van der Waals surface area contributed by atoms with Crippen LogP contribution in [0.2, 0.25) is 0 Å². The van der Waals surface area contributed by atoms with Gasteiger partial charge in [0.2, 0.25) is 12.5 Å². The maximum Gasteiger partial charge on any atom is 0.255 e. The van der Waals surface area contributed by atoms with E-state index in [4.69, 9.17) is 9.47 Å². The summed E-state index contributed by atoms with van der Waals surface area (Å²) >= 11 is 0. The third-order valence-corrected chi connectivity index (χ3v) is 6.66. The number of benzene rings is 2. The highest BCUT2D eigenvalue weighted by Gasteiger charge is 2.54. The molecule has 2 aliphatic heterocycles. The van der Waals surface area contributed by atoms with Gasteiger partial charge >= 0.3 is 0 Å². The van der Waals surface area contributed by atoms with Crippen LogP contribution >= 0.6 is 0 Å². The quantitative estimate of drug-likeness (QED) is 0.370. The number of aromatic hydroxyl groups is 1. The standard InChI is InChI=1S/C23H24N2O8/c1-2-9-4-3-5-10(6-9)22(30)24-15-13-11-7-12-21(33-8-32-12)17(26)14(11)23(31)25-16(13)19(28)20(29)18(15)27/h3-7,13,15-16,18-20,26-29H,2,8H2,1H3,(H,24,30)(H,25,31)/t13-,15+,16+,18-,19-,20+/m0/s1. The Morgan fingerprint density at radius 3 is 2.70 bits per heavy atom. The average Bonchev–Trinajstić information content (AvgIpc) is 3.29. The van der Waals surface area contributed by atoms with E-state index in [-0.39, 0.29) is 29.4 Å². The molecule has 33 heavy (non-hydrogen) atoms. The third-order valence-electron chi connectivity index (χ3n) is 6.66. The van der Waals surface area contributed by atoms with Gasteiger partial charge in [0.1, 0.15) is 18.3 Å². The summed E-state index contributed by atoms with van der Waals surface area (Å²) < 4.78 is 10.6. The van der Waals surface area contributed by atoms with E-state index in [0.29, 0.717) is 5.56 Å². The molecule has 1 fully saturated rings. The number of carbonyl (C=O) groups excluding carboxylic acids is 2. The lowest BCUT2D eigenvalue weighted by Gasteiger charge is -2.49. The SMILES string of the molecule is CCc1cccc(C(=O)N[C@H]2[C@H](O)[C@@H](O)[C@@H](O)[C@@H]3NC(=O)c4c(cc5c(c4O)OCO5)[C@@H]23)c1. The number of phenols is 1. The maximum atomic E-state index is 13.1. The first-order chi connectivity index (χ1) is 15.8. The molecule has 3 aliphatic rings. The van der Waals surface area contributed by atoms with Gasteiger partial charge in [0.05, 0.1) is 17.6 Å². The van der Waals surface area contributed by atoms with Gasteiger partial charge in [-0.05, 0) is 35.7 Å². The number of aliphatic hydroxyl groups is 3. The second-order valence-corrected chi connectivity index (χ2v) is 8.47. The molecule has 0 aromatic heterocycles. The molecule has 1 aliphatic carbocycles. The molecule has 0 saturated heterocycles. The Labute approximate surface area is 188 Å². The van der Waals surface area contributed by atoms with E-state index < -0.39 is 53.9 Å². The molecule has 0 radical (unpaired) electrons. The van der Waals surface area contributed by atoms with Gasteiger partial charge in [-0.25, -0.2) is 0 Å². The number of ether oxygens (including phenoxy) is 2. The number of nitrogens with one attached hydrogen (secondary N) is 2. The van der Waals surface area contributed by atoms with Crippen molar-refractivity contribution in [3.05, 3.63) is 52.6 Å². The topological polar surface area (TPSA) is 158 Å². The molecular weight excluding hydrogens is 432 g/mol. The van der Waals surface area contributed by atoms with Crippen molar-refractivity contribution < 1.29 is 39.5 Å². The second-order valence-electron chi connectivity index (χ2n) is 8.47. The molecule has 5 rings (SSSR count). The molecule has 0 spiro atoms. The third kappa shape index (κ3) is 3.29. The summed E-state index contributed by atoms with van der Waals surface area (Å²) in [5, 5.41) is 48.0. The maximum absolute atomic E-state index is 13.1. The minimum atomic E-state index is -1.62. The van der Waals surface area contributed by atoms with E-state index in [1.54, 1.807) is 18.2 Å². The van der Waals surface area contributed by atoms with E-state index in [1.807, 2.05) is 13.0 Å². The minimum Gasteiger partial charge on any atom is -0.504 e. The highest BCUT2D eigenvalue weighted by molar-refractivity contribution is 6.02. The highest BCUT2D eigenvalue weighted by Crippen LogP contribution is 2.50. The van der Waals surface area contributed by atoms with Crippen LogP contribution in [0.3, 0.4) is 0 Å². The number of aliphatic hydroxyl groups excluding tert-OH is 3. The smallest absolute Gasteiger partial charge is 0.255 e. The van der Waals surface area contributed by atoms with E-state index in [9.17, 15) is 30.0 Å². The fraction of sp³-hybridized carbons (Fsp3) is 0.391. The van der Waals surface area contributed by atoms with Crippen molar-refractivity contribution in [1.29, 1.82) is 0 Å². The minimum absolute atomic E-state index is 0.0243. The summed E-state index contributed by atoms with van der Waals surface area (Å²) in [7, 11) is 0. The zero-order valence-electron chi connectivity index (χ0n) is 17.7. The molecule has 2 heterocycles. The lowest BCUT2D eigenvalue weighted by atomic mass is 9.68. The molecule has 10 nitrogen and oxygen atoms in total. The molecule has 2 aromatic carbocycles. The fourth-order valence-corrected chi connectivity index (χ4v) is 4.95. The van der Waals surface area contributed by atoms with Crippen LogP contribution in [-0.2, 0) is 6.42 Å². The molecular formula is C23H24N2O8. The summed E-state index contributed by atoms with van der Waals surface area (Å²) in [4.78, 5) is 25.9. The number of fused-ring (bicyclic) bond motifs is 4. The number of carbonyl (C=O) groups is 2. The van der Waals surface area contributed by atoms with E-state index in [2.05, 4.69) is 10.6 Å². The lowest BCUT2D eigenvalue weighted by molar-refractivity contribution is -0.117. The fourth-order valence-electron chi connectivity index (χ4n) is 4.95. The van der Waals surface area contributed by atoms with Gasteiger partial charge in [0.15, 0.2) is 11.5 Å².